The first-order valence-corrected chi connectivity index (χ1v) is 11.0. The number of aliphatic hydroxyl groups excluding tert-OH is 4. The van der Waals surface area contributed by atoms with Crippen LogP contribution in [0.15, 0.2) is 30.3 Å². The Labute approximate surface area is 190 Å². The van der Waals surface area contributed by atoms with Crippen LogP contribution < -0.4 is 4.74 Å². The number of halogens is 1. The smallest absolute Gasteiger partial charge is 0.233 e. The molecular weight excluding hydrogens is 440 g/mol. The van der Waals surface area contributed by atoms with Gasteiger partial charge in [0.15, 0.2) is 0 Å². The van der Waals surface area contributed by atoms with E-state index in [4.69, 9.17) is 25.8 Å². The summed E-state index contributed by atoms with van der Waals surface area (Å²) >= 11 is 6.37. The first kappa shape index (κ1) is 23.3. The first-order chi connectivity index (χ1) is 15.5. The standard InChI is InChI=1S/C22H27ClN2O7/c23-16-3-1-12(22-21(29)20(28)19(27)17(11-26)32-22)9-13(16)10-14-2-4-18(25-24-14)31-15-5-7-30-8-6-15/h1-4,9,15,17,19-22,26-29H,5-8,10-11H2/t17-,19-,20+,21-,22+/m1/s1. The molecule has 10 heteroatoms. The number of aromatic nitrogens is 2. The maximum atomic E-state index is 10.4. The van der Waals surface area contributed by atoms with Gasteiger partial charge in [-0.1, -0.05) is 23.7 Å². The lowest BCUT2D eigenvalue weighted by atomic mass is 9.90. The highest BCUT2D eigenvalue weighted by atomic mass is 35.5. The molecular formula is C22H27ClN2O7. The number of ether oxygens (including phenoxy) is 3. The minimum atomic E-state index is -1.45. The molecule has 1 aromatic heterocycles. The number of rotatable bonds is 6. The molecule has 0 amide bonds. The molecule has 2 aliphatic heterocycles. The fourth-order valence-electron chi connectivity index (χ4n) is 3.95. The van der Waals surface area contributed by atoms with Crippen molar-refractivity contribution in [2.24, 2.45) is 0 Å². The Kier molecular flexibility index (Phi) is 7.57. The van der Waals surface area contributed by atoms with Gasteiger partial charge in [-0.05, 0) is 23.3 Å². The maximum absolute atomic E-state index is 10.4. The number of nitrogens with zero attached hydrogens (tertiary/aromatic N) is 2. The molecule has 0 bridgehead atoms. The highest BCUT2D eigenvalue weighted by Crippen LogP contribution is 2.34. The Morgan fingerprint density at radius 1 is 1.00 bits per heavy atom. The van der Waals surface area contributed by atoms with E-state index in [9.17, 15) is 20.4 Å². The van der Waals surface area contributed by atoms with E-state index in [0.717, 1.165) is 18.4 Å². The average molecular weight is 467 g/mol. The molecule has 0 aliphatic carbocycles. The van der Waals surface area contributed by atoms with Crippen molar-refractivity contribution in [1.29, 1.82) is 0 Å². The van der Waals surface area contributed by atoms with Crippen LogP contribution in [0.4, 0.5) is 0 Å². The Hall–Kier alpha value is -1.85. The first-order valence-electron chi connectivity index (χ1n) is 10.6. The number of benzene rings is 1. The number of hydrogen-bond donors (Lipinski definition) is 4. The van der Waals surface area contributed by atoms with Gasteiger partial charge in [0, 0.05) is 30.4 Å². The van der Waals surface area contributed by atoms with Crippen LogP contribution in [0.2, 0.25) is 5.02 Å². The van der Waals surface area contributed by atoms with E-state index >= 15 is 0 Å². The zero-order valence-corrected chi connectivity index (χ0v) is 18.1. The largest absolute Gasteiger partial charge is 0.473 e. The molecule has 2 fully saturated rings. The van der Waals surface area contributed by atoms with E-state index in [0.29, 0.717) is 41.8 Å². The Morgan fingerprint density at radius 2 is 1.78 bits per heavy atom. The van der Waals surface area contributed by atoms with Crippen LogP contribution in [-0.4, -0.2) is 81.0 Å². The van der Waals surface area contributed by atoms with E-state index in [1.54, 1.807) is 24.3 Å². The van der Waals surface area contributed by atoms with Crippen LogP contribution in [-0.2, 0) is 15.9 Å². The molecule has 0 spiro atoms. The maximum Gasteiger partial charge on any atom is 0.233 e. The highest BCUT2D eigenvalue weighted by molar-refractivity contribution is 6.31. The fourth-order valence-corrected chi connectivity index (χ4v) is 4.13. The van der Waals surface area contributed by atoms with Gasteiger partial charge >= 0.3 is 0 Å². The molecule has 32 heavy (non-hydrogen) atoms. The van der Waals surface area contributed by atoms with E-state index in [1.165, 1.54) is 0 Å². The van der Waals surface area contributed by atoms with Crippen molar-refractivity contribution in [3.05, 3.63) is 52.2 Å². The summed E-state index contributed by atoms with van der Waals surface area (Å²) in [5.74, 6) is 0.460. The van der Waals surface area contributed by atoms with E-state index < -0.39 is 37.1 Å². The van der Waals surface area contributed by atoms with Gasteiger partial charge in [0.25, 0.3) is 0 Å². The minimum absolute atomic E-state index is 0.0774. The SMILES string of the molecule is OC[C@H]1O[C@@H](c2ccc(Cl)c(Cc3ccc(OC4CCOCC4)nn3)c2)[C@H](O)[C@@H](O)[C@@H]1O. The second-order valence-corrected chi connectivity index (χ2v) is 8.48. The van der Waals surface area contributed by atoms with Gasteiger partial charge < -0.3 is 34.6 Å². The summed E-state index contributed by atoms with van der Waals surface area (Å²) in [4.78, 5) is 0. The van der Waals surface area contributed by atoms with Crippen LogP contribution in [0.3, 0.4) is 0 Å². The van der Waals surface area contributed by atoms with Gasteiger partial charge in [0.05, 0.1) is 25.5 Å². The van der Waals surface area contributed by atoms with Crippen LogP contribution >= 0.6 is 11.6 Å². The molecule has 3 heterocycles. The van der Waals surface area contributed by atoms with Crippen LogP contribution in [0.1, 0.15) is 35.8 Å². The lowest BCUT2D eigenvalue weighted by molar-refractivity contribution is -0.231. The van der Waals surface area contributed by atoms with Crippen molar-refractivity contribution >= 4 is 11.6 Å². The summed E-state index contributed by atoms with van der Waals surface area (Å²) in [7, 11) is 0. The molecule has 9 nitrogen and oxygen atoms in total. The zero-order chi connectivity index (χ0) is 22.7. The molecule has 4 rings (SSSR count). The second-order valence-electron chi connectivity index (χ2n) is 8.07. The molecule has 2 aliphatic rings. The fraction of sp³-hybridized carbons (Fsp3) is 0.545. The van der Waals surface area contributed by atoms with Gasteiger partial charge in [0.1, 0.15) is 36.6 Å². The van der Waals surface area contributed by atoms with Gasteiger partial charge in [-0.2, -0.15) is 5.10 Å². The van der Waals surface area contributed by atoms with Crippen molar-refractivity contribution in [2.75, 3.05) is 19.8 Å². The summed E-state index contributed by atoms with van der Waals surface area (Å²) in [5.41, 5.74) is 1.97. The third-order valence-corrected chi connectivity index (χ3v) is 6.18. The highest BCUT2D eigenvalue weighted by Gasteiger charge is 2.44. The summed E-state index contributed by atoms with van der Waals surface area (Å²) in [5, 5.41) is 48.8. The van der Waals surface area contributed by atoms with Crippen molar-refractivity contribution in [2.45, 2.75) is 55.9 Å². The van der Waals surface area contributed by atoms with Crippen molar-refractivity contribution in [3.8, 4) is 5.88 Å². The van der Waals surface area contributed by atoms with E-state index in [1.807, 2.05) is 6.07 Å². The summed E-state index contributed by atoms with van der Waals surface area (Å²) < 4.78 is 16.8. The van der Waals surface area contributed by atoms with Crippen molar-refractivity contribution in [1.82, 2.24) is 10.2 Å². The summed E-state index contributed by atoms with van der Waals surface area (Å²) in [6, 6.07) is 8.69. The normalized spacial score (nSPS) is 29.1. The van der Waals surface area contributed by atoms with Crippen molar-refractivity contribution < 1.29 is 34.6 Å². The van der Waals surface area contributed by atoms with Gasteiger partial charge in [-0.25, -0.2) is 0 Å². The number of aliphatic hydroxyl groups is 4. The third kappa shape index (κ3) is 5.20. The van der Waals surface area contributed by atoms with Crippen molar-refractivity contribution in [3.63, 3.8) is 0 Å². The van der Waals surface area contributed by atoms with Gasteiger partial charge in [-0.15, -0.1) is 5.10 Å². The average Bonchev–Trinajstić information content (AvgIpc) is 2.81. The van der Waals surface area contributed by atoms with Crippen LogP contribution in [0.25, 0.3) is 0 Å². The van der Waals surface area contributed by atoms with Crippen LogP contribution in [0, 0.1) is 0 Å². The molecule has 2 saturated heterocycles. The van der Waals surface area contributed by atoms with E-state index in [2.05, 4.69) is 10.2 Å². The summed E-state index contributed by atoms with van der Waals surface area (Å²) in [6.07, 6.45) is -4.01. The molecule has 0 saturated carbocycles. The monoisotopic (exact) mass is 466 g/mol. The topological polar surface area (TPSA) is 134 Å². The lowest BCUT2D eigenvalue weighted by Gasteiger charge is -2.40. The Bertz CT molecular complexity index is 892. The summed E-state index contributed by atoms with van der Waals surface area (Å²) in [6.45, 7) is 0.874. The predicted molar refractivity (Wildman–Crippen MR) is 113 cm³/mol. The van der Waals surface area contributed by atoms with Gasteiger partial charge in [0.2, 0.25) is 5.88 Å². The van der Waals surface area contributed by atoms with Gasteiger partial charge in [-0.3, -0.25) is 0 Å². The zero-order valence-electron chi connectivity index (χ0n) is 17.4. The molecule has 0 unspecified atom stereocenters. The Morgan fingerprint density at radius 3 is 2.47 bits per heavy atom. The minimum Gasteiger partial charge on any atom is -0.473 e. The lowest BCUT2D eigenvalue weighted by Crippen LogP contribution is -2.55. The molecule has 174 valence electrons. The van der Waals surface area contributed by atoms with Crippen LogP contribution in [0.5, 0.6) is 5.88 Å². The molecule has 4 N–H and O–H groups in total. The Balaban J connectivity index is 1.47. The number of hydrogen-bond acceptors (Lipinski definition) is 9. The molecule has 5 atom stereocenters. The molecule has 0 radical (unpaired) electrons. The molecule has 1 aromatic carbocycles. The third-order valence-electron chi connectivity index (χ3n) is 5.81. The quantitative estimate of drug-likeness (QED) is 0.487. The van der Waals surface area contributed by atoms with E-state index in [-0.39, 0.29) is 6.10 Å². The molecule has 2 aromatic rings. The second kappa shape index (κ2) is 10.4. The predicted octanol–water partition coefficient (Wildman–Crippen LogP) is 0.793.